The normalized spacial score (nSPS) is 10.5. The van der Waals surface area contributed by atoms with Crippen LogP contribution in [0.2, 0.25) is 5.15 Å². The lowest BCUT2D eigenvalue weighted by atomic mass is 10.4. The van der Waals surface area contributed by atoms with Gasteiger partial charge in [-0.15, -0.1) is 0 Å². The van der Waals surface area contributed by atoms with E-state index in [1.165, 1.54) is 0 Å². The Hall–Kier alpha value is -1.11. The molecule has 7 heteroatoms. The Balaban J connectivity index is 2.78. The Labute approximate surface area is 106 Å². The Morgan fingerprint density at radius 2 is 1.82 bits per heavy atom. The van der Waals surface area contributed by atoms with Crippen molar-refractivity contribution in [2.45, 2.75) is 0 Å². The second-order valence-corrected chi connectivity index (χ2v) is 3.77. The second-order valence-electron chi connectivity index (χ2n) is 3.38. The van der Waals surface area contributed by atoms with Crippen molar-refractivity contribution in [3.63, 3.8) is 0 Å². The van der Waals surface area contributed by atoms with Gasteiger partial charge in [0.1, 0.15) is 11.0 Å². The molecule has 0 radical (unpaired) electrons. The Bertz CT molecular complexity index is 323. The fourth-order valence-corrected chi connectivity index (χ4v) is 1.51. The largest absolute Gasteiger partial charge is 0.383 e. The zero-order valence-electron chi connectivity index (χ0n) is 10.0. The van der Waals surface area contributed by atoms with Gasteiger partial charge in [0.25, 0.3) is 0 Å². The van der Waals surface area contributed by atoms with Gasteiger partial charge in [-0.05, 0) is 0 Å². The first kappa shape index (κ1) is 14.0. The molecule has 0 aliphatic rings. The zero-order chi connectivity index (χ0) is 12.7. The fourth-order valence-electron chi connectivity index (χ4n) is 1.33. The molecule has 1 aromatic heterocycles. The zero-order valence-corrected chi connectivity index (χ0v) is 10.8. The van der Waals surface area contributed by atoms with Gasteiger partial charge in [-0.25, -0.2) is 4.98 Å². The molecular weight excluding hydrogens is 244 g/mol. The first-order chi connectivity index (χ1) is 8.17. The molecule has 6 nitrogen and oxygen atoms in total. The summed E-state index contributed by atoms with van der Waals surface area (Å²) < 4.78 is 10.1. The molecule has 0 aliphatic carbocycles. The number of nitrogens with zero attached hydrogens (tertiary/aromatic N) is 3. The lowest BCUT2D eigenvalue weighted by Gasteiger charge is -2.23. The highest BCUT2D eigenvalue weighted by Gasteiger charge is 2.10. The van der Waals surface area contributed by atoms with Crippen LogP contribution in [-0.4, -0.2) is 50.5 Å². The summed E-state index contributed by atoms with van der Waals surface area (Å²) in [4.78, 5) is 9.94. The van der Waals surface area contributed by atoms with Crippen LogP contribution in [0.25, 0.3) is 0 Å². The number of hydrogen-bond donors (Lipinski definition) is 1. The molecular formula is C10H17ClN4O2. The summed E-state index contributed by atoms with van der Waals surface area (Å²) in [5, 5.41) is 0.326. The minimum absolute atomic E-state index is 0.160. The third-order valence-electron chi connectivity index (χ3n) is 2.15. The lowest BCUT2D eigenvalue weighted by Crippen LogP contribution is -2.31. The molecule has 0 saturated heterocycles. The van der Waals surface area contributed by atoms with E-state index in [4.69, 9.17) is 26.8 Å². The van der Waals surface area contributed by atoms with Crippen LogP contribution in [0.5, 0.6) is 0 Å². The van der Waals surface area contributed by atoms with E-state index in [1.807, 2.05) is 4.90 Å². The first-order valence-electron chi connectivity index (χ1n) is 5.20. The van der Waals surface area contributed by atoms with E-state index in [1.54, 1.807) is 20.3 Å². The molecule has 2 N–H and O–H groups in total. The van der Waals surface area contributed by atoms with Crippen molar-refractivity contribution in [3.8, 4) is 0 Å². The van der Waals surface area contributed by atoms with Crippen LogP contribution in [0, 0.1) is 0 Å². The highest BCUT2D eigenvalue weighted by atomic mass is 35.5. The maximum atomic E-state index is 5.84. The van der Waals surface area contributed by atoms with Crippen LogP contribution >= 0.6 is 11.6 Å². The third kappa shape index (κ3) is 4.72. The van der Waals surface area contributed by atoms with E-state index in [0.29, 0.717) is 37.3 Å². The van der Waals surface area contributed by atoms with Crippen molar-refractivity contribution in [3.05, 3.63) is 11.2 Å². The van der Waals surface area contributed by atoms with E-state index in [-0.39, 0.29) is 5.95 Å². The minimum atomic E-state index is 0.160. The molecule has 17 heavy (non-hydrogen) atoms. The van der Waals surface area contributed by atoms with Gasteiger partial charge in [0, 0.05) is 33.4 Å². The molecule has 0 bridgehead atoms. The Morgan fingerprint density at radius 3 is 2.29 bits per heavy atom. The third-order valence-corrected chi connectivity index (χ3v) is 2.35. The molecule has 1 heterocycles. The number of methoxy groups -OCH3 is 2. The summed E-state index contributed by atoms with van der Waals surface area (Å²) in [7, 11) is 3.30. The Morgan fingerprint density at radius 1 is 1.24 bits per heavy atom. The quantitative estimate of drug-likeness (QED) is 0.732. The molecule has 0 atom stereocenters. The summed E-state index contributed by atoms with van der Waals surface area (Å²) in [6.45, 7) is 2.55. The summed E-state index contributed by atoms with van der Waals surface area (Å²) in [6, 6.07) is 1.67. The van der Waals surface area contributed by atoms with Gasteiger partial charge in [-0.1, -0.05) is 11.6 Å². The summed E-state index contributed by atoms with van der Waals surface area (Å²) in [5.41, 5.74) is 5.56. The number of rotatable bonds is 7. The van der Waals surface area contributed by atoms with E-state index in [0.717, 1.165) is 0 Å². The second kappa shape index (κ2) is 7.26. The van der Waals surface area contributed by atoms with Crippen LogP contribution in [0.3, 0.4) is 0 Å². The maximum Gasteiger partial charge on any atom is 0.223 e. The van der Waals surface area contributed by atoms with Gasteiger partial charge < -0.3 is 20.1 Å². The topological polar surface area (TPSA) is 73.5 Å². The molecule has 0 spiro atoms. The van der Waals surface area contributed by atoms with Crippen LogP contribution in [0.1, 0.15) is 0 Å². The number of anilines is 2. The number of hydrogen-bond acceptors (Lipinski definition) is 6. The highest BCUT2D eigenvalue weighted by molar-refractivity contribution is 6.29. The lowest BCUT2D eigenvalue weighted by molar-refractivity contribution is 0.190. The number of nitrogens with two attached hydrogens (primary N) is 1. The molecule has 0 saturated carbocycles. The number of aromatic nitrogens is 2. The summed E-state index contributed by atoms with van der Waals surface area (Å²) in [6.07, 6.45) is 0. The van der Waals surface area contributed by atoms with Crippen LogP contribution < -0.4 is 10.6 Å². The van der Waals surface area contributed by atoms with E-state index in [9.17, 15) is 0 Å². The molecule has 0 fully saturated rings. The van der Waals surface area contributed by atoms with Crippen molar-refractivity contribution in [2.75, 3.05) is 51.2 Å². The molecule has 1 rings (SSSR count). The highest BCUT2D eigenvalue weighted by Crippen LogP contribution is 2.16. The average molecular weight is 261 g/mol. The summed E-state index contributed by atoms with van der Waals surface area (Å²) in [5.74, 6) is 0.837. The monoisotopic (exact) mass is 260 g/mol. The Kier molecular flexibility index (Phi) is 5.96. The van der Waals surface area contributed by atoms with Gasteiger partial charge >= 0.3 is 0 Å². The number of halogens is 1. The van der Waals surface area contributed by atoms with Gasteiger partial charge in [0.15, 0.2) is 0 Å². The van der Waals surface area contributed by atoms with Crippen molar-refractivity contribution < 1.29 is 9.47 Å². The standard InChI is InChI=1S/C10H17ClN4O2/c1-16-5-3-15(4-6-17-2)9-7-8(11)13-10(12)14-9/h7H,3-6H2,1-2H3,(H2,12,13,14). The molecule has 0 aromatic carbocycles. The predicted molar refractivity (Wildman–Crippen MR) is 67.4 cm³/mol. The van der Waals surface area contributed by atoms with E-state index >= 15 is 0 Å². The van der Waals surface area contributed by atoms with Crippen molar-refractivity contribution in [1.29, 1.82) is 0 Å². The minimum Gasteiger partial charge on any atom is -0.383 e. The summed E-state index contributed by atoms with van der Waals surface area (Å²) >= 11 is 5.84. The molecule has 0 amide bonds. The first-order valence-corrected chi connectivity index (χ1v) is 5.58. The van der Waals surface area contributed by atoms with Gasteiger partial charge in [-0.3, -0.25) is 0 Å². The molecule has 1 aromatic rings. The average Bonchev–Trinajstić information content (AvgIpc) is 2.28. The van der Waals surface area contributed by atoms with Gasteiger partial charge in [-0.2, -0.15) is 4.98 Å². The van der Waals surface area contributed by atoms with Crippen LogP contribution in [0.15, 0.2) is 6.07 Å². The van der Waals surface area contributed by atoms with Crippen LogP contribution in [0.4, 0.5) is 11.8 Å². The number of nitrogen functional groups attached to an aromatic ring is 1. The molecule has 96 valence electrons. The van der Waals surface area contributed by atoms with Gasteiger partial charge in [0.2, 0.25) is 5.95 Å². The smallest absolute Gasteiger partial charge is 0.223 e. The SMILES string of the molecule is COCCN(CCOC)c1cc(Cl)nc(N)n1. The van der Waals surface area contributed by atoms with E-state index in [2.05, 4.69) is 9.97 Å². The number of ether oxygens (including phenoxy) is 2. The molecule has 0 unspecified atom stereocenters. The molecule has 0 aliphatic heterocycles. The van der Waals surface area contributed by atoms with Crippen LogP contribution in [-0.2, 0) is 9.47 Å². The maximum absolute atomic E-state index is 5.84. The fraction of sp³-hybridized carbons (Fsp3) is 0.600. The van der Waals surface area contributed by atoms with Crippen molar-refractivity contribution >= 4 is 23.4 Å². The van der Waals surface area contributed by atoms with Crippen molar-refractivity contribution in [2.24, 2.45) is 0 Å². The van der Waals surface area contributed by atoms with Crippen molar-refractivity contribution in [1.82, 2.24) is 9.97 Å². The van der Waals surface area contributed by atoms with Gasteiger partial charge in [0.05, 0.1) is 13.2 Å². The van der Waals surface area contributed by atoms with E-state index < -0.39 is 0 Å². The predicted octanol–water partition coefficient (Wildman–Crippen LogP) is 0.811.